The first-order valence-electron chi connectivity index (χ1n) is 6.82. The molecule has 2 amide bonds. The molecule has 0 aliphatic carbocycles. The molecule has 3 rings (SSSR count). The number of rotatable bonds is 1. The Morgan fingerprint density at radius 2 is 2.21 bits per heavy atom. The highest BCUT2D eigenvalue weighted by atomic mass is 16.3. The maximum absolute atomic E-state index is 12.2. The molecule has 0 saturated carbocycles. The van der Waals surface area contributed by atoms with Crippen molar-refractivity contribution in [1.29, 1.82) is 0 Å². The minimum absolute atomic E-state index is 0.0497. The van der Waals surface area contributed by atoms with Crippen molar-refractivity contribution in [2.75, 3.05) is 13.1 Å². The molecular weight excluding hydrogens is 244 g/mol. The van der Waals surface area contributed by atoms with Gasteiger partial charge in [-0.3, -0.25) is 9.59 Å². The van der Waals surface area contributed by atoms with Crippen molar-refractivity contribution in [3.05, 3.63) is 24.2 Å². The van der Waals surface area contributed by atoms with E-state index in [1.807, 2.05) is 4.90 Å². The Labute approximate surface area is 111 Å². The molecule has 0 aromatic carbocycles. The van der Waals surface area contributed by atoms with E-state index in [-0.39, 0.29) is 17.4 Å². The van der Waals surface area contributed by atoms with Gasteiger partial charge in [-0.1, -0.05) is 0 Å². The quantitative estimate of drug-likeness (QED) is 0.835. The molecule has 0 radical (unpaired) electrons. The van der Waals surface area contributed by atoms with E-state index < -0.39 is 0 Å². The van der Waals surface area contributed by atoms with E-state index in [2.05, 4.69) is 5.32 Å². The van der Waals surface area contributed by atoms with Crippen LogP contribution in [0.3, 0.4) is 0 Å². The normalized spacial score (nSPS) is 27.4. The third-order valence-corrected chi connectivity index (χ3v) is 4.20. The second-order valence-corrected chi connectivity index (χ2v) is 5.45. The van der Waals surface area contributed by atoms with Crippen molar-refractivity contribution in [2.24, 2.45) is 0 Å². The van der Waals surface area contributed by atoms with Gasteiger partial charge < -0.3 is 14.6 Å². The molecule has 5 heteroatoms. The van der Waals surface area contributed by atoms with Crippen LogP contribution in [0.15, 0.2) is 22.8 Å². The van der Waals surface area contributed by atoms with E-state index in [9.17, 15) is 9.59 Å². The SMILES string of the molecule is O=C1CC[C@]2(CCCN(C(=O)c3ccco3)CC2)N1. The number of carbonyl (C=O) groups excluding carboxylic acids is 2. The molecule has 5 nitrogen and oxygen atoms in total. The first-order chi connectivity index (χ1) is 9.19. The second-order valence-electron chi connectivity index (χ2n) is 5.45. The van der Waals surface area contributed by atoms with Crippen molar-refractivity contribution in [3.63, 3.8) is 0 Å². The average Bonchev–Trinajstić information content (AvgIpc) is 2.98. The molecule has 0 unspecified atom stereocenters. The van der Waals surface area contributed by atoms with Crippen molar-refractivity contribution in [3.8, 4) is 0 Å². The van der Waals surface area contributed by atoms with E-state index in [4.69, 9.17) is 4.42 Å². The van der Waals surface area contributed by atoms with Crippen LogP contribution in [0.1, 0.15) is 42.7 Å². The Morgan fingerprint density at radius 1 is 1.32 bits per heavy atom. The van der Waals surface area contributed by atoms with Gasteiger partial charge in [0.2, 0.25) is 5.91 Å². The number of nitrogens with one attached hydrogen (secondary N) is 1. The summed E-state index contributed by atoms with van der Waals surface area (Å²) >= 11 is 0. The molecule has 1 spiro atoms. The van der Waals surface area contributed by atoms with Crippen LogP contribution in [0, 0.1) is 0 Å². The smallest absolute Gasteiger partial charge is 0.289 e. The monoisotopic (exact) mass is 262 g/mol. The highest BCUT2D eigenvalue weighted by molar-refractivity contribution is 5.91. The molecule has 1 atom stereocenters. The molecule has 102 valence electrons. The van der Waals surface area contributed by atoms with E-state index in [1.54, 1.807) is 12.1 Å². The number of hydrogen-bond acceptors (Lipinski definition) is 3. The molecule has 2 fully saturated rings. The Bertz CT molecular complexity index is 483. The first-order valence-corrected chi connectivity index (χ1v) is 6.82. The third-order valence-electron chi connectivity index (χ3n) is 4.20. The van der Waals surface area contributed by atoms with Gasteiger partial charge in [0.05, 0.1) is 6.26 Å². The number of carbonyl (C=O) groups is 2. The lowest BCUT2D eigenvalue weighted by Crippen LogP contribution is -2.42. The molecule has 1 aromatic rings. The fourth-order valence-electron chi connectivity index (χ4n) is 3.10. The molecule has 2 saturated heterocycles. The van der Waals surface area contributed by atoms with Crippen LogP contribution in [0.5, 0.6) is 0 Å². The first kappa shape index (κ1) is 12.3. The van der Waals surface area contributed by atoms with Crippen molar-refractivity contribution in [1.82, 2.24) is 10.2 Å². The van der Waals surface area contributed by atoms with Crippen LogP contribution in [-0.4, -0.2) is 35.3 Å². The van der Waals surface area contributed by atoms with Crippen molar-refractivity contribution >= 4 is 11.8 Å². The Morgan fingerprint density at radius 3 is 2.89 bits per heavy atom. The second kappa shape index (κ2) is 4.72. The number of amides is 2. The summed E-state index contributed by atoms with van der Waals surface area (Å²) in [5, 5.41) is 3.10. The third kappa shape index (κ3) is 2.37. The van der Waals surface area contributed by atoms with Crippen LogP contribution >= 0.6 is 0 Å². The van der Waals surface area contributed by atoms with Gasteiger partial charge in [0, 0.05) is 25.0 Å². The number of likely N-dealkylation sites (tertiary alicyclic amines) is 1. The van der Waals surface area contributed by atoms with Crippen molar-refractivity contribution < 1.29 is 14.0 Å². The highest BCUT2D eigenvalue weighted by Gasteiger charge is 2.39. The van der Waals surface area contributed by atoms with E-state index in [0.29, 0.717) is 18.7 Å². The van der Waals surface area contributed by atoms with Crippen LogP contribution in [-0.2, 0) is 4.79 Å². The molecular formula is C14H18N2O3. The van der Waals surface area contributed by atoms with Gasteiger partial charge in [0.25, 0.3) is 5.91 Å². The fraction of sp³-hybridized carbons (Fsp3) is 0.571. The lowest BCUT2D eigenvalue weighted by molar-refractivity contribution is -0.119. The summed E-state index contributed by atoms with van der Waals surface area (Å²) < 4.78 is 5.16. The Balaban J connectivity index is 1.68. The van der Waals surface area contributed by atoms with Gasteiger partial charge in [-0.15, -0.1) is 0 Å². The topological polar surface area (TPSA) is 62.6 Å². The van der Waals surface area contributed by atoms with Gasteiger partial charge in [-0.05, 0) is 37.8 Å². The zero-order valence-electron chi connectivity index (χ0n) is 10.9. The van der Waals surface area contributed by atoms with Gasteiger partial charge in [-0.2, -0.15) is 0 Å². The average molecular weight is 262 g/mol. The van der Waals surface area contributed by atoms with Gasteiger partial charge in [0.15, 0.2) is 5.76 Å². The van der Waals surface area contributed by atoms with E-state index >= 15 is 0 Å². The summed E-state index contributed by atoms with van der Waals surface area (Å²) in [7, 11) is 0. The molecule has 0 bridgehead atoms. The van der Waals surface area contributed by atoms with Crippen LogP contribution in [0.25, 0.3) is 0 Å². The molecule has 1 N–H and O–H groups in total. The zero-order chi connectivity index (χ0) is 13.3. The minimum Gasteiger partial charge on any atom is -0.459 e. The predicted octanol–water partition coefficient (Wildman–Crippen LogP) is 1.55. The summed E-state index contributed by atoms with van der Waals surface area (Å²) in [6.45, 7) is 1.41. The standard InChI is InChI=1S/C14H18N2O3/c17-12-4-6-14(15-12)5-2-8-16(9-7-14)13(18)11-3-1-10-19-11/h1,3,10H,2,4-9H2,(H,15,17)/t14-/m0/s1. The Kier molecular flexibility index (Phi) is 3.05. The molecule has 2 aliphatic heterocycles. The molecule has 2 aliphatic rings. The predicted molar refractivity (Wildman–Crippen MR) is 68.6 cm³/mol. The molecule has 19 heavy (non-hydrogen) atoms. The maximum Gasteiger partial charge on any atom is 0.289 e. The van der Waals surface area contributed by atoms with Crippen molar-refractivity contribution in [2.45, 2.75) is 37.6 Å². The minimum atomic E-state index is -0.0741. The number of hydrogen-bond donors (Lipinski definition) is 1. The van der Waals surface area contributed by atoms with Gasteiger partial charge >= 0.3 is 0 Å². The largest absolute Gasteiger partial charge is 0.459 e. The zero-order valence-corrected chi connectivity index (χ0v) is 10.9. The summed E-state index contributed by atoms with van der Waals surface area (Å²) in [5.41, 5.74) is -0.0741. The van der Waals surface area contributed by atoms with Crippen LogP contribution < -0.4 is 5.32 Å². The lowest BCUT2D eigenvalue weighted by atomic mass is 9.89. The van der Waals surface area contributed by atoms with Crippen LogP contribution in [0.4, 0.5) is 0 Å². The van der Waals surface area contributed by atoms with Gasteiger partial charge in [0.1, 0.15) is 0 Å². The lowest BCUT2D eigenvalue weighted by Gasteiger charge is -2.27. The summed E-state index contributed by atoms with van der Waals surface area (Å²) in [5.74, 6) is 0.489. The van der Waals surface area contributed by atoms with E-state index in [1.165, 1.54) is 6.26 Å². The molecule has 1 aromatic heterocycles. The van der Waals surface area contributed by atoms with Gasteiger partial charge in [-0.25, -0.2) is 0 Å². The molecule has 3 heterocycles. The van der Waals surface area contributed by atoms with Crippen LogP contribution in [0.2, 0.25) is 0 Å². The Hall–Kier alpha value is -1.78. The maximum atomic E-state index is 12.2. The van der Waals surface area contributed by atoms with E-state index in [0.717, 1.165) is 32.2 Å². The summed E-state index contributed by atoms with van der Waals surface area (Å²) in [6, 6.07) is 3.42. The number of furan rings is 1. The number of nitrogens with zero attached hydrogens (tertiary/aromatic N) is 1. The summed E-state index contributed by atoms with van der Waals surface area (Å²) in [4.78, 5) is 25.5. The highest BCUT2D eigenvalue weighted by Crippen LogP contribution is 2.31. The fourth-order valence-corrected chi connectivity index (χ4v) is 3.10. The summed E-state index contributed by atoms with van der Waals surface area (Å²) in [6.07, 6.45) is 5.75.